The van der Waals surface area contributed by atoms with Crippen LogP contribution in [0.1, 0.15) is 0 Å². The Bertz CT molecular complexity index is 529. The summed E-state index contributed by atoms with van der Waals surface area (Å²) in [6.07, 6.45) is 0. The fraction of sp³-hybridized carbons (Fsp3) is 0.400. The molecule has 18 heavy (non-hydrogen) atoms. The number of nitrogens with two attached hydrogens (primary N) is 1. The van der Waals surface area contributed by atoms with Gasteiger partial charge in [-0.1, -0.05) is 0 Å². The molecule has 0 radical (unpaired) electrons. The average molecular weight is 275 g/mol. The van der Waals surface area contributed by atoms with E-state index < -0.39 is 15.8 Å². The summed E-state index contributed by atoms with van der Waals surface area (Å²) in [5.74, 6) is -0.659. The number of anilines is 1. The lowest BCUT2D eigenvalue weighted by Gasteiger charge is -2.28. The molecule has 100 valence electrons. The zero-order chi connectivity index (χ0) is 13.2. The van der Waals surface area contributed by atoms with Gasteiger partial charge in [0, 0.05) is 13.1 Å². The van der Waals surface area contributed by atoms with Crippen molar-refractivity contribution < 1.29 is 17.5 Å². The lowest BCUT2D eigenvalue weighted by molar-refractivity contribution is 0.0495. The SMILES string of the molecule is NS(=O)(=O)c1ccc(NN2CCOCC2)c(F)c1. The second kappa shape index (κ2) is 5.19. The number of rotatable bonds is 3. The highest BCUT2D eigenvalue weighted by Crippen LogP contribution is 2.19. The Hall–Kier alpha value is -1.22. The van der Waals surface area contributed by atoms with Crippen molar-refractivity contribution in [1.82, 2.24) is 5.01 Å². The zero-order valence-corrected chi connectivity index (χ0v) is 10.4. The number of hydrogen-bond acceptors (Lipinski definition) is 5. The molecule has 0 atom stereocenters. The van der Waals surface area contributed by atoms with Gasteiger partial charge in [-0.2, -0.15) is 0 Å². The molecule has 1 aromatic carbocycles. The van der Waals surface area contributed by atoms with Crippen LogP contribution in [0.15, 0.2) is 23.1 Å². The first-order valence-electron chi connectivity index (χ1n) is 5.38. The van der Waals surface area contributed by atoms with E-state index in [0.29, 0.717) is 26.3 Å². The van der Waals surface area contributed by atoms with Gasteiger partial charge in [0.15, 0.2) is 0 Å². The highest BCUT2D eigenvalue weighted by molar-refractivity contribution is 7.89. The molecule has 1 saturated heterocycles. The Kier molecular flexibility index (Phi) is 3.81. The summed E-state index contributed by atoms with van der Waals surface area (Å²) in [7, 11) is -3.88. The van der Waals surface area contributed by atoms with Crippen LogP contribution < -0.4 is 10.6 Å². The normalized spacial score (nSPS) is 17.7. The number of sulfonamides is 1. The van der Waals surface area contributed by atoms with Gasteiger partial charge < -0.3 is 10.2 Å². The van der Waals surface area contributed by atoms with E-state index in [4.69, 9.17) is 9.88 Å². The molecule has 8 heteroatoms. The maximum absolute atomic E-state index is 13.7. The molecule has 0 amide bonds. The topological polar surface area (TPSA) is 84.7 Å². The summed E-state index contributed by atoms with van der Waals surface area (Å²) in [5.41, 5.74) is 3.08. The molecule has 0 aromatic heterocycles. The van der Waals surface area contributed by atoms with Gasteiger partial charge in [0.1, 0.15) is 5.82 Å². The van der Waals surface area contributed by atoms with Crippen LogP contribution in [0.2, 0.25) is 0 Å². The van der Waals surface area contributed by atoms with Crippen molar-refractivity contribution in [2.45, 2.75) is 4.90 Å². The molecule has 0 bridgehead atoms. The van der Waals surface area contributed by atoms with Gasteiger partial charge in [0.05, 0.1) is 23.8 Å². The zero-order valence-electron chi connectivity index (χ0n) is 9.60. The van der Waals surface area contributed by atoms with Crippen molar-refractivity contribution in [3.05, 3.63) is 24.0 Å². The molecule has 0 saturated carbocycles. The van der Waals surface area contributed by atoms with Gasteiger partial charge in [-0.3, -0.25) is 0 Å². The van der Waals surface area contributed by atoms with E-state index in [1.54, 1.807) is 5.01 Å². The summed E-state index contributed by atoms with van der Waals surface area (Å²) >= 11 is 0. The van der Waals surface area contributed by atoms with Gasteiger partial charge in [-0.25, -0.2) is 23.0 Å². The number of hydrazine groups is 1. The van der Waals surface area contributed by atoms with Crippen LogP contribution in [0, 0.1) is 5.82 Å². The Morgan fingerprint density at radius 2 is 2.00 bits per heavy atom. The molecule has 6 nitrogen and oxygen atoms in total. The van der Waals surface area contributed by atoms with E-state index in [1.807, 2.05) is 0 Å². The number of nitrogens with one attached hydrogen (secondary N) is 1. The van der Waals surface area contributed by atoms with Gasteiger partial charge in [0.2, 0.25) is 10.0 Å². The standard InChI is InChI=1S/C10H14FN3O3S/c11-9-7-8(18(12,15)16)1-2-10(9)13-14-3-5-17-6-4-14/h1-2,7,13H,3-6H2,(H2,12,15,16). The fourth-order valence-corrected chi connectivity index (χ4v) is 2.13. The molecule has 1 aromatic rings. The van der Waals surface area contributed by atoms with Crippen LogP contribution in [-0.2, 0) is 14.8 Å². The van der Waals surface area contributed by atoms with E-state index in [2.05, 4.69) is 5.43 Å². The number of nitrogens with zero attached hydrogens (tertiary/aromatic N) is 1. The number of morpholine rings is 1. The summed E-state index contributed by atoms with van der Waals surface area (Å²) < 4.78 is 41.0. The van der Waals surface area contributed by atoms with Gasteiger partial charge in [0.25, 0.3) is 0 Å². The van der Waals surface area contributed by atoms with E-state index in [9.17, 15) is 12.8 Å². The summed E-state index contributed by atoms with van der Waals surface area (Å²) in [6, 6.07) is 3.52. The van der Waals surface area contributed by atoms with E-state index in [-0.39, 0.29) is 10.6 Å². The molecule has 2 rings (SSSR count). The van der Waals surface area contributed by atoms with Crippen molar-refractivity contribution in [2.75, 3.05) is 31.7 Å². The Morgan fingerprint density at radius 3 is 2.56 bits per heavy atom. The third kappa shape index (κ3) is 3.16. The first-order chi connectivity index (χ1) is 8.47. The number of hydrogen-bond donors (Lipinski definition) is 2. The van der Waals surface area contributed by atoms with Gasteiger partial charge >= 0.3 is 0 Å². The predicted octanol–water partition coefficient (Wildman–Crippen LogP) is 0.132. The number of benzene rings is 1. The third-order valence-corrected chi connectivity index (χ3v) is 3.47. The molecule has 1 heterocycles. The molecule has 0 spiro atoms. The van der Waals surface area contributed by atoms with Crippen molar-refractivity contribution in [3.8, 4) is 0 Å². The number of halogens is 1. The third-order valence-electron chi connectivity index (χ3n) is 2.56. The molecule has 1 fully saturated rings. The minimum Gasteiger partial charge on any atom is -0.379 e. The molecule has 1 aliphatic heterocycles. The minimum absolute atomic E-state index is 0.212. The second-order valence-corrected chi connectivity index (χ2v) is 5.46. The lowest BCUT2D eigenvalue weighted by atomic mass is 10.3. The Balaban J connectivity index is 2.14. The molecule has 1 aliphatic rings. The largest absolute Gasteiger partial charge is 0.379 e. The Morgan fingerprint density at radius 1 is 1.33 bits per heavy atom. The van der Waals surface area contributed by atoms with Gasteiger partial charge in [-0.05, 0) is 18.2 Å². The van der Waals surface area contributed by atoms with Crippen LogP contribution in [-0.4, -0.2) is 39.7 Å². The van der Waals surface area contributed by atoms with Crippen LogP contribution in [0.4, 0.5) is 10.1 Å². The van der Waals surface area contributed by atoms with Crippen molar-refractivity contribution in [2.24, 2.45) is 5.14 Å². The first-order valence-corrected chi connectivity index (χ1v) is 6.93. The number of primary sulfonamides is 1. The number of ether oxygens (including phenoxy) is 1. The maximum Gasteiger partial charge on any atom is 0.238 e. The fourth-order valence-electron chi connectivity index (χ4n) is 1.61. The van der Waals surface area contributed by atoms with E-state index in [1.165, 1.54) is 12.1 Å². The predicted molar refractivity (Wildman–Crippen MR) is 63.8 cm³/mol. The summed E-state index contributed by atoms with van der Waals surface area (Å²) in [6.45, 7) is 2.42. The molecular weight excluding hydrogens is 261 g/mol. The van der Waals surface area contributed by atoms with E-state index >= 15 is 0 Å². The first kappa shape index (κ1) is 13.2. The molecule has 0 unspecified atom stereocenters. The van der Waals surface area contributed by atoms with Crippen LogP contribution in [0.5, 0.6) is 0 Å². The quantitative estimate of drug-likeness (QED) is 0.819. The van der Waals surface area contributed by atoms with Crippen molar-refractivity contribution in [1.29, 1.82) is 0 Å². The molecule has 0 aliphatic carbocycles. The highest BCUT2D eigenvalue weighted by atomic mass is 32.2. The monoisotopic (exact) mass is 275 g/mol. The minimum atomic E-state index is -3.88. The van der Waals surface area contributed by atoms with Crippen LogP contribution in [0.3, 0.4) is 0 Å². The van der Waals surface area contributed by atoms with Crippen molar-refractivity contribution >= 4 is 15.7 Å². The average Bonchev–Trinajstić information content (AvgIpc) is 2.32. The van der Waals surface area contributed by atoms with E-state index in [0.717, 1.165) is 6.07 Å². The summed E-state index contributed by atoms with van der Waals surface area (Å²) in [4.78, 5) is -0.243. The van der Waals surface area contributed by atoms with Crippen molar-refractivity contribution in [3.63, 3.8) is 0 Å². The maximum atomic E-state index is 13.7. The van der Waals surface area contributed by atoms with Gasteiger partial charge in [-0.15, -0.1) is 0 Å². The lowest BCUT2D eigenvalue weighted by Crippen LogP contribution is -2.40. The highest BCUT2D eigenvalue weighted by Gasteiger charge is 2.15. The van der Waals surface area contributed by atoms with Crippen LogP contribution in [0.25, 0.3) is 0 Å². The summed E-state index contributed by atoms with van der Waals surface area (Å²) in [5, 5.41) is 6.72. The molecule has 3 N–H and O–H groups in total. The van der Waals surface area contributed by atoms with Crippen LogP contribution >= 0.6 is 0 Å². The Labute approximate surface area is 105 Å². The second-order valence-electron chi connectivity index (χ2n) is 3.90. The smallest absolute Gasteiger partial charge is 0.238 e. The molecular formula is C10H14FN3O3S.